The van der Waals surface area contributed by atoms with Crippen molar-refractivity contribution in [2.75, 3.05) is 14.2 Å². The summed E-state index contributed by atoms with van der Waals surface area (Å²) in [6.45, 7) is 6.00. The summed E-state index contributed by atoms with van der Waals surface area (Å²) in [6.07, 6.45) is -0.312. The molecule has 0 aliphatic rings. The van der Waals surface area contributed by atoms with E-state index in [0.717, 1.165) is 0 Å². The quantitative estimate of drug-likeness (QED) is 0.336. The fourth-order valence-corrected chi connectivity index (χ4v) is 0.262. The zero-order chi connectivity index (χ0) is 9.28. The molecule has 0 radical (unpaired) electrons. The number of hydrogen-bond acceptors (Lipinski definition) is 4. The van der Waals surface area contributed by atoms with Crippen LogP contribution in [0, 0.1) is 0 Å². The molecule has 0 N–H and O–H groups in total. The van der Waals surface area contributed by atoms with Crippen LogP contribution in [0.1, 0.15) is 6.42 Å². The number of carbonyl (C=O) groups excluding carboxylic acids is 2. The maximum absolute atomic E-state index is 10.3. The van der Waals surface area contributed by atoms with Crippen molar-refractivity contribution >= 4 is 11.9 Å². The average Bonchev–Trinajstić information content (AvgIpc) is 2.07. The van der Waals surface area contributed by atoms with Crippen molar-refractivity contribution in [3.63, 3.8) is 0 Å². The van der Waals surface area contributed by atoms with E-state index in [-0.39, 0.29) is 6.42 Å². The van der Waals surface area contributed by atoms with Crippen LogP contribution < -0.4 is 0 Å². The highest BCUT2D eigenvalue weighted by atomic mass is 16.5. The number of carbonyl (C=O) groups is 2. The largest absolute Gasteiger partial charge is 0.469 e. The SMILES string of the molecule is C=C.COC(=O)CC(=O)OC. The van der Waals surface area contributed by atoms with Gasteiger partial charge in [0.1, 0.15) is 6.42 Å². The molecule has 0 aromatic carbocycles. The van der Waals surface area contributed by atoms with E-state index in [2.05, 4.69) is 22.6 Å². The Labute approximate surface area is 65.8 Å². The first-order valence-electron chi connectivity index (χ1n) is 2.84. The molecule has 0 aromatic rings. The van der Waals surface area contributed by atoms with Crippen molar-refractivity contribution in [2.24, 2.45) is 0 Å². The molecule has 0 amide bonds. The number of ether oxygens (including phenoxy) is 2. The summed E-state index contributed by atoms with van der Waals surface area (Å²) in [7, 11) is 2.43. The molecule has 0 atom stereocenters. The third-order valence-electron chi connectivity index (χ3n) is 0.744. The predicted molar refractivity (Wildman–Crippen MR) is 39.9 cm³/mol. The maximum Gasteiger partial charge on any atom is 0.316 e. The lowest BCUT2D eigenvalue weighted by Gasteiger charge is -1.95. The van der Waals surface area contributed by atoms with Gasteiger partial charge in [-0.3, -0.25) is 9.59 Å². The third-order valence-corrected chi connectivity index (χ3v) is 0.744. The van der Waals surface area contributed by atoms with Crippen LogP contribution in [0.25, 0.3) is 0 Å². The number of esters is 2. The van der Waals surface area contributed by atoms with Crippen LogP contribution in [0.3, 0.4) is 0 Å². The smallest absolute Gasteiger partial charge is 0.316 e. The van der Waals surface area contributed by atoms with E-state index in [1.807, 2.05) is 0 Å². The molecule has 0 aliphatic carbocycles. The fourth-order valence-electron chi connectivity index (χ4n) is 0.262. The summed E-state index contributed by atoms with van der Waals surface area (Å²) in [6, 6.07) is 0. The van der Waals surface area contributed by atoms with Crippen molar-refractivity contribution < 1.29 is 19.1 Å². The Balaban J connectivity index is 0. The summed E-state index contributed by atoms with van der Waals surface area (Å²) in [5.74, 6) is -1.16. The lowest BCUT2D eigenvalue weighted by atomic mass is 10.4. The highest BCUT2D eigenvalue weighted by molar-refractivity contribution is 5.90. The molecule has 4 nitrogen and oxygen atoms in total. The van der Waals surface area contributed by atoms with E-state index in [0.29, 0.717) is 0 Å². The molecule has 0 unspecified atom stereocenters. The van der Waals surface area contributed by atoms with E-state index in [1.54, 1.807) is 0 Å². The second-order valence-electron chi connectivity index (χ2n) is 1.33. The summed E-state index contributed by atoms with van der Waals surface area (Å²) in [5.41, 5.74) is 0. The van der Waals surface area contributed by atoms with Gasteiger partial charge >= 0.3 is 11.9 Å². The van der Waals surface area contributed by atoms with Gasteiger partial charge in [-0.25, -0.2) is 0 Å². The van der Waals surface area contributed by atoms with Gasteiger partial charge < -0.3 is 9.47 Å². The molecule has 0 aromatic heterocycles. The van der Waals surface area contributed by atoms with Crippen molar-refractivity contribution in [1.29, 1.82) is 0 Å². The first-order chi connectivity index (χ1) is 5.20. The highest BCUT2D eigenvalue weighted by Crippen LogP contribution is 1.85. The Hall–Kier alpha value is -1.32. The number of hydrogen-bond donors (Lipinski definition) is 0. The fraction of sp³-hybridized carbons (Fsp3) is 0.429. The van der Waals surface area contributed by atoms with E-state index in [1.165, 1.54) is 14.2 Å². The molecule has 0 bridgehead atoms. The van der Waals surface area contributed by atoms with Crippen LogP contribution >= 0.6 is 0 Å². The van der Waals surface area contributed by atoms with Gasteiger partial charge in [-0.05, 0) is 0 Å². The standard InChI is InChI=1S/C5H8O4.C2H4/c1-8-4(6)3-5(7)9-2;1-2/h3H2,1-2H3;1-2H2. The van der Waals surface area contributed by atoms with Crippen LogP contribution in [0.4, 0.5) is 0 Å². The Bertz CT molecular complexity index is 116. The molecule has 0 rings (SSSR count). The second-order valence-corrected chi connectivity index (χ2v) is 1.33. The summed E-state index contributed by atoms with van der Waals surface area (Å²) in [5, 5.41) is 0. The van der Waals surface area contributed by atoms with E-state index >= 15 is 0 Å². The lowest BCUT2D eigenvalue weighted by molar-refractivity contribution is -0.151. The van der Waals surface area contributed by atoms with Crippen molar-refractivity contribution in [1.82, 2.24) is 0 Å². The Morgan fingerprint density at radius 1 is 1.09 bits per heavy atom. The van der Waals surface area contributed by atoms with Crippen LogP contribution in [-0.2, 0) is 19.1 Å². The predicted octanol–water partition coefficient (Wildman–Crippen LogP) is 0.525. The molecular weight excluding hydrogens is 148 g/mol. The van der Waals surface area contributed by atoms with Crippen molar-refractivity contribution in [3.8, 4) is 0 Å². The second kappa shape index (κ2) is 8.68. The van der Waals surface area contributed by atoms with Crippen molar-refractivity contribution in [2.45, 2.75) is 6.42 Å². The Morgan fingerprint density at radius 2 is 1.36 bits per heavy atom. The maximum atomic E-state index is 10.3. The first-order valence-corrected chi connectivity index (χ1v) is 2.84. The minimum atomic E-state index is -0.582. The highest BCUT2D eigenvalue weighted by Gasteiger charge is 2.07. The van der Waals surface area contributed by atoms with E-state index < -0.39 is 11.9 Å². The summed E-state index contributed by atoms with van der Waals surface area (Å²) < 4.78 is 8.37. The molecule has 64 valence electrons. The molecular formula is C7H12O4. The molecule has 11 heavy (non-hydrogen) atoms. The monoisotopic (exact) mass is 160 g/mol. The topological polar surface area (TPSA) is 52.6 Å². The average molecular weight is 160 g/mol. The molecule has 0 saturated heterocycles. The number of rotatable bonds is 2. The van der Waals surface area contributed by atoms with Gasteiger partial charge in [0.25, 0.3) is 0 Å². The summed E-state index contributed by atoms with van der Waals surface area (Å²) in [4.78, 5) is 20.5. The summed E-state index contributed by atoms with van der Waals surface area (Å²) >= 11 is 0. The van der Waals surface area contributed by atoms with Crippen LogP contribution in [-0.4, -0.2) is 26.2 Å². The molecule has 0 aliphatic heterocycles. The van der Waals surface area contributed by atoms with Gasteiger partial charge in [-0.2, -0.15) is 0 Å². The van der Waals surface area contributed by atoms with Crippen LogP contribution in [0.2, 0.25) is 0 Å². The minimum Gasteiger partial charge on any atom is -0.469 e. The van der Waals surface area contributed by atoms with Gasteiger partial charge in [-0.1, -0.05) is 0 Å². The molecule has 0 spiro atoms. The van der Waals surface area contributed by atoms with Gasteiger partial charge in [0, 0.05) is 0 Å². The third kappa shape index (κ3) is 8.68. The van der Waals surface area contributed by atoms with Gasteiger partial charge in [0.05, 0.1) is 14.2 Å². The van der Waals surface area contributed by atoms with Crippen molar-refractivity contribution in [3.05, 3.63) is 13.2 Å². The van der Waals surface area contributed by atoms with Gasteiger partial charge in [0.15, 0.2) is 0 Å². The normalized spacial score (nSPS) is 7.09. The lowest BCUT2D eigenvalue weighted by Crippen LogP contribution is -2.09. The van der Waals surface area contributed by atoms with Crippen LogP contribution in [0.5, 0.6) is 0 Å². The van der Waals surface area contributed by atoms with Gasteiger partial charge in [-0.15, -0.1) is 13.2 Å². The zero-order valence-corrected chi connectivity index (χ0v) is 6.75. The van der Waals surface area contributed by atoms with E-state index in [9.17, 15) is 9.59 Å². The van der Waals surface area contributed by atoms with Gasteiger partial charge in [0.2, 0.25) is 0 Å². The Kier molecular flexibility index (Phi) is 9.76. The van der Waals surface area contributed by atoms with Crippen LogP contribution in [0.15, 0.2) is 13.2 Å². The first kappa shape index (κ1) is 12.4. The minimum absolute atomic E-state index is 0.312. The molecule has 4 heteroatoms. The zero-order valence-electron chi connectivity index (χ0n) is 6.75. The Morgan fingerprint density at radius 3 is 1.55 bits per heavy atom. The van der Waals surface area contributed by atoms with E-state index in [4.69, 9.17) is 0 Å². The molecule has 0 heterocycles. The molecule has 0 saturated carbocycles. The number of methoxy groups -OCH3 is 2. The molecule has 0 fully saturated rings.